The summed E-state index contributed by atoms with van der Waals surface area (Å²) in [4.78, 5) is 0. The molecule has 0 bridgehead atoms. The molecule has 0 aliphatic carbocycles. The molecule has 0 unspecified atom stereocenters. The number of ether oxygens (including phenoxy) is 1. The molecule has 0 amide bonds. The molecule has 0 saturated heterocycles. The first-order valence-corrected chi connectivity index (χ1v) is 5.25. The van der Waals surface area contributed by atoms with Crippen LogP contribution in [0.3, 0.4) is 0 Å². The summed E-state index contributed by atoms with van der Waals surface area (Å²) in [6.07, 6.45) is 0. The minimum Gasteiger partial charge on any atom is -0.495 e. The SMILES string of the molecule is COc1c(Br)ccc2sc(F)cc12. The predicted molar refractivity (Wildman–Crippen MR) is 56.0 cm³/mol. The summed E-state index contributed by atoms with van der Waals surface area (Å²) in [5, 5.41) is 0.630. The highest BCUT2D eigenvalue weighted by Gasteiger charge is 2.09. The quantitative estimate of drug-likeness (QED) is 0.758. The zero-order chi connectivity index (χ0) is 9.42. The average Bonchev–Trinajstić information content (AvgIpc) is 2.45. The molecular weight excluding hydrogens is 255 g/mol. The Morgan fingerprint density at radius 3 is 2.92 bits per heavy atom. The van der Waals surface area contributed by atoms with Crippen LogP contribution in [0.2, 0.25) is 0 Å². The molecule has 13 heavy (non-hydrogen) atoms. The van der Waals surface area contributed by atoms with E-state index in [-0.39, 0.29) is 5.13 Å². The Morgan fingerprint density at radius 1 is 1.46 bits per heavy atom. The molecule has 1 aromatic heterocycles. The van der Waals surface area contributed by atoms with Gasteiger partial charge in [0.1, 0.15) is 5.75 Å². The van der Waals surface area contributed by atoms with E-state index in [1.807, 2.05) is 12.1 Å². The maximum atomic E-state index is 12.9. The molecule has 0 aliphatic heterocycles. The van der Waals surface area contributed by atoms with Crippen LogP contribution in [0.15, 0.2) is 22.7 Å². The Labute approximate surface area is 87.3 Å². The Kier molecular flexibility index (Phi) is 2.26. The summed E-state index contributed by atoms with van der Waals surface area (Å²) in [7, 11) is 1.58. The fourth-order valence-electron chi connectivity index (χ4n) is 1.24. The Hall–Kier alpha value is -0.610. The maximum absolute atomic E-state index is 12.9. The van der Waals surface area contributed by atoms with Crippen molar-refractivity contribution >= 4 is 37.4 Å². The van der Waals surface area contributed by atoms with Crippen molar-refractivity contribution in [2.75, 3.05) is 7.11 Å². The van der Waals surface area contributed by atoms with Gasteiger partial charge < -0.3 is 4.74 Å². The number of thiophene rings is 1. The molecule has 0 spiro atoms. The molecule has 0 fully saturated rings. The van der Waals surface area contributed by atoms with Crippen LogP contribution in [0.5, 0.6) is 5.75 Å². The minimum absolute atomic E-state index is 0.189. The molecule has 2 rings (SSSR count). The summed E-state index contributed by atoms with van der Waals surface area (Å²) in [5.41, 5.74) is 0. The highest BCUT2D eigenvalue weighted by Crippen LogP contribution is 2.37. The third-order valence-corrected chi connectivity index (χ3v) is 3.29. The predicted octanol–water partition coefficient (Wildman–Crippen LogP) is 3.81. The minimum atomic E-state index is -0.189. The number of methoxy groups -OCH3 is 1. The summed E-state index contributed by atoms with van der Waals surface area (Å²) in [5.74, 6) is 0.692. The van der Waals surface area contributed by atoms with Gasteiger partial charge in [-0.15, -0.1) is 11.3 Å². The molecule has 4 heteroatoms. The van der Waals surface area contributed by atoms with Gasteiger partial charge in [0.15, 0.2) is 5.13 Å². The van der Waals surface area contributed by atoms with Gasteiger partial charge in [-0.3, -0.25) is 0 Å². The Morgan fingerprint density at radius 2 is 2.23 bits per heavy atom. The number of rotatable bonds is 1. The van der Waals surface area contributed by atoms with Crippen molar-refractivity contribution in [3.8, 4) is 5.75 Å². The van der Waals surface area contributed by atoms with Crippen molar-refractivity contribution in [3.05, 3.63) is 27.8 Å². The number of hydrogen-bond acceptors (Lipinski definition) is 2. The summed E-state index contributed by atoms with van der Waals surface area (Å²) in [6, 6.07) is 5.22. The largest absolute Gasteiger partial charge is 0.495 e. The molecule has 0 N–H and O–H groups in total. The molecule has 1 heterocycles. The van der Waals surface area contributed by atoms with Crippen LogP contribution in [-0.2, 0) is 0 Å². The van der Waals surface area contributed by atoms with E-state index in [0.29, 0.717) is 5.75 Å². The highest BCUT2D eigenvalue weighted by molar-refractivity contribution is 9.10. The molecule has 68 valence electrons. The van der Waals surface area contributed by atoms with Gasteiger partial charge >= 0.3 is 0 Å². The van der Waals surface area contributed by atoms with Crippen molar-refractivity contribution < 1.29 is 9.13 Å². The summed E-state index contributed by atoms with van der Waals surface area (Å²) in [6.45, 7) is 0. The van der Waals surface area contributed by atoms with Crippen LogP contribution < -0.4 is 4.74 Å². The lowest BCUT2D eigenvalue weighted by atomic mass is 10.2. The van der Waals surface area contributed by atoms with Crippen molar-refractivity contribution in [2.24, 2.45) is 0 Å². The molecule has 1 aromatic carbocycles. The van der Waals surface area contributed by atoms with Gasteiger partial charge in [-0.2, -0.15) is 4.39 Å². The molecule has 0 aliphatic rings. The van der Waals surface area contributed by atoms with Crippen LogP contribution in [0, 0.1) is 5.13 Å². The molecule has 0 atom stereocenters. The van der Waals surface area contributed by atoms with Crippen molar-refractivity contribution in [1.29, 1.82) is 0 Å². The Balaban J connectivity index is 2.82. The van der Waals surface area contributed by atoms with Crippen LogP contribution in [0.1, 0.15) is 0 Å². The van der Waals surface area contributed by atoms with Crippen molar-refractivity contribution in [1.82, 2.24) is 0 Å². The van der Waals surface area contributed by atoms with Gasteiger partial charge in [0.05, 0.1) is 11.6 Å². The summed E-state index contributed by atoms with van der Waals surface area (Å²) >= 11 is 4.47. The number of benzene rings is 1. The lowest BCUT2D eigenvalue weighted by Crippen LogP contribution is -1.83. The van der Waals surface area contributed by atoms with Gasteiger partial charge in [-0.05, 0) is 34.1 Å². The second-order valence-electron chi connectivity index (χ2n) is 2.54. The second kappa shape index (κ2) is 3.27. The van der Waals surface area contributed by atoms with Gasteiger partial charge in [-0.1, -0.05) is 0 Å². The molecule has 0 saturated carbocycles. The van der Waals surface area contributed by atoms with Gasteiger partial charge in [0, 0.05) is 10.1 Å². The first-order valence-electron chi connectivity index (χ1n) is 3.64. The summed E-state index contributed by atoms with van der Waals surface area (Å²) < 4.78 is 19.8. The van der Waals surface area contributed by atoms with E-state index >= 15 is 0 Å². The number of hydrogen-bond donors (Lipinski definition) is 0. The molecule has 1 nitrogen and oxygen atoms in total. The standard InChI is InChI=1S/C9H6BrFOS/c1-12-9-5-4-8(11)13-7(5)3-2-6(9)10/h2-4H,1H3. The first kappa shape index (κ1) is 8.97. The zero-order valence-corrected chi connectivity index (χ0v) is 9.21. The number of fused-ring (bicyclic) bond motifs is 1. The lowest BCUT2D eigenvalue weighted by molar-refractivity contribution is 0.417. The highest BCUT2D eigenvalue weighted by atomic mass is 79.9. The van der Waals surface area contributed by atoms with E-state index in [1.165, 1.54) is 6.07 Å². The van der Waals surface area contributed by atoms with E-state index in [1.54, 1.807) is 7.11 Å². The third kappa shape index (κ3) is 1.44. The average molecular weight is 261 g/mol. The van der Waals surface area contributed by atoms with E-state index in [2.05, 4.69) is 15.9 Å². The smallest absolute Gasteiger partial charge is 0.177 e. The fourth-order valence-corrected chi connectivity index (χ4v) is 2.53. The molecule has 2 aromatic rings. The van der Waals surface area contributed by atoms with Crippen LogP contribution in [0.4, 0.5) is 4.39 Å². The first-order chi connectivity index (χ1) is 6.22. The van der Waals surface area contributed by atoms with Crippen molar-refractivity contribution in [3.63, 3.8) is 0 Å². The second-order valence-corrected chi connectivity index (χ2v) is 4.43. The molecular formula is C9H6BrFOS. The lowest BCUT2D eigenvalue weighted by Gasteiger charge is -2.03. The van der Waals surface area contributed by atoms with Gasteiger partial charge in [0.2, 0.25) is 0 Å². The van der Waals surface area contributed by atoms with E-state index in [4.69, 9.17) is 4.74 Å². The Bertz CT molecular complexity index is 452. The van der Waals surface area contributed by atoms with Gasteiger partial charge in [-0.25, -0.2) is 0 Å². The van der Waals surface area contributed by atoms with E-state index < -0.39 is 0 Å². The number of halogens is 2. The normalized spacial score (nSPS) is 10.7. The van der Waals surface area contributed by atoms with Crippen LogP contribution in [0.25, 0.3) is 10.1 Å². The van der Waals surface area contributed by atoms with Crippen LogP contribution in [-0.4, -0.2) is 7.11 Å². The van der Waals surface area contributed by atoms with E-state index in [9.17, 15) is 4.39 Å². The van der Waals surface area contributed by atoms with Gasteiger partial charge in [0.25, 0.3) is 0 Å². The van der Waals surface area contributed by atoms with Crippen LogP contribution >= 0.6 is 27.3 Å². The molecule has 0 radical (unpaired) electrons. The topological polar surface area (TPSA) is 9.23 Å². The zero-order valence-electron chi connectivity index (χ0n) is 6.80. The monoisotopic (exact) mass is 260 g/mol. The third-order valence-electron chi connectivity index (χ3n) is 1.78. The maximum Gasteiger partial charge on any atom is 0.177 e. The fraction of sp³-hybridized carbons (Fsp3) is 0.111. The van der Waals surface area contributed by atoms with E-state index in [0.717, 1.165) is 25.9 Å². The van der Waals surface area contributed by atoms with Crippen molar-refractivity contribution in [2.45, 2.75) is 0 Å².